The van der Waals surface area contributed by atoms with Crippen LogP contribution in [0.5, 0.6) is 0 Å². The summed E-state index contributed by atoms with van der Waals surface area (Å²) < 4.78 is 0. The average molecular weight is 316 g/mol. The van der Waals surface area contributed by atoms with Gasteiger partial charge in [0.1, 0.15) is 0 Å². The van der Waals surface area contributed by atoms with Crippen molar-refractivity contribution >= 4 is 40.5 Å². The van der Waals surface area contributed by atoms with E-state index in [1.54, 1.807) is 11.8 Å². The highest BCUT2D eigenvalue weighted by Gasteiger charge is 2.02. The van der Waals surface area contributed by atoms with Crippen molar-refractivity contribution in [1.29, 1.82) is 0 Å². The second-order valence-electron chi connectivity index (χ2n) is 5.09. The lowest BCUT2D eigenvalue weighted by Crippen LogP contribution is -2.19. The SMILES string of the molecule is CSc1cccc(NC(=S)Nc2ccc(C(C)C)cc2)c1. The summed E-state index contributed by atoms with van der Waals surface area (Å²) >= 11 is 7.07. The topological polar surface area (TPSA) is 24.1 Å². The summed E-state index contributed by atoms with van der Waals surface area (Å²) in [5, 5.41) is 7.02. The van der Waals surface area contributed by atoms with Crippen LogP contribution in [0.1, 0.15) is 25.3 Å². The lowest BCUT2D eigenvalue weighted by molar-refractivity contribution is 0.867. The first-order valence-corrected chi connectivity index (χ1v) is 8.54. The van der Waals surface area contributed by atoms with Crippen LogP contribution in [0.3, 0.4) is 0 Å². The second kappa shape index (κ2) is 7.48. The molecular formula is C17H20N2S2. The monoisotopic (exact) mass is 316 g/mol. The van der Waals surface area contributed by atoms with Crippen molar-refractivity contribution in [2.24, 2.45) is 0 Å². The molecule has 0 radical (unpaired) electrons. The minimum atomic E-state index is 0.540. The Morgan fingerprint density at radius 2 is 1.67 bits per heavy atom. The Bertz CT molecular complexity index is 606. The summed E-state index contributed by atoms with van der Waals surface area (Å²) in [6.07, 6.45) is 2.06. The zero-order valence-electron chi connectivity index (χ0n) is 12.5. The average Bonchev–Trinajstić information content (AvgIpc) is 2.47. The first-order valence-electron chi connectivity index (χ1n) is 6.90. The van der Waals surface area contributed by atoms with Crippen LogP contribution in [-0.2, 0) is 0 Å². The molecule has 0 spiro atoms. The van der Waals surface area contributed by atoms with Gasteiger partial charge in [-0.05, 0) is 60.3 Å². The summed E-state index contributed by atoms with van der Waals surface area (Å²) in [6.45, 7) is 4.38. The summed E-state index contributed by atoms with van der Waals surface area (Å²) in [5.41, 5.74) is 3.32. The molecule has 2 aromatic carbocycles. The van der Waals surface area contributed by atoms with E-state index >= 15 is 0 Å². The molecule has 0 aliphatic rings. The maximum atomic E-state index is 5.35. The quantitative estimate of drug-likeness (QED) is 0.587. The molecule has 4 heteroatoms. The third-order valence-electron chi connectivity index (χ3n) is 3.16. The van der Waals surface area contributed by atoms with Gasteiger partial charge in [-0.2, -0.15) is 0 Å². The zero-order valence-corrected chi connectivity index (χ0v) is 14.1. The maximum absolute atomic E-state index is 5.35. The molecule has 0 aliphatic carbocycles. The van der Waals surface area contributed by atoms with Crippen molar-refractivity contribution in [3.05, 3.63) is 54.1 Å². The van der Waals surface area contributed by atoms with Gasteiger partial charge in [0, 0.05) is 16.3 Å². The van der Waals surface area contributed by atoms with Gasteiger partial charge in [-0.1, -0.05) is 32.0 Å². The number of hydrogen-bond donors (Lipinski definition) is 2. The molecule has 0 atom stereocenters. The summed E-state index contributed by atoms with van der Waals surface area (Å²) in [5.74, 6) is 0.540. The Labute approximate surface area is 136 Å². The molecule has 0 saturated heterocycles. The first-order chi connectivity index (χ1) is 10.1. The lowest BCUT2D eigenvalue weighted by Gasteiger charge is -2.12. The van der Waals surface area contributed by atoms with Crippen LogP contribution in [-0.4, -0.2) is 11.4 Å². The molecule has 2 aromatic rings. The van der Waals surface area contributed by atoms with Gasteiger partial charge in [0.2, 0.25) is 0 Å². The lowest BCUT2D eigenvalue weighted by atomic mass is 10.0. The van der Waals surface area contributed by atoms with Crippen molar-refractivity contribution < 1.29 is 0 Å². The molecule has 2 N–H and O–H groups in total. The van der Waals surface area contributed by atoms with Crippen LogP contribution < -0.4 is 10.6 Å². The van der Waals surface area contributed by atoms with Crippen LogP contribution in [0.4, 0.5) is 11.4 Å². The largest absolute Gasteiger partial charge is 0.332 e. The van der Waals surface area contributed by atoms with Crippen molar-refractivity contribution in [3.8, 4) is 0 Å². The molecule has 0 aromatic heterocycles. The van der Waals surface area contributed by atoms with Gasteiger partial charge < -0.3 is 10.6 Å². The zero-order chi connectivity index (χ0) is 15.2. The molecule has 0 unspecified atom stereocenters. The van der Waals surface area contributed by atoms with Gasteiger partial charge >= 0.3 is 0 Å². The number of anilines is 2. The summed E-state index contributed by atoms with van der Waals surface area (Å²) in [6, 6.07) is 16.6. The predicted octanol–water partition coefficient (Wildman–Crippen LogP) is 5.34. The Morgan fingerprint density at radius 1 is 1.00 bits per heavy atom. The van der Waals surface area contributed by atoms with Crippen molar-refractivity contribution in [3.63, 3.8) is 0 Å². The van der Waals surface area contributed by atoms with E-state index in [4.69, 9.17) is 12.2 Å². The third kappa shape index (κ3) is 4.76. The van der Waals surface area contributed by atoms with Gasteiger partial charge in [0.25, 0.3) is 0 Å². The van der Waals surface area contributed by atoms with E-state index < -0.39 is 0 Å². The molecule has 2 nitrogen and oxygen atoms in total. The van der Waals surface area contributed by atoms with Gasteiger partial charge in [-0.25, -0.2) is 0 Å². The highest BCUT2D eigenvalue weighted by Crippen LogP contribution is 2.20. The van der Waals surface area contributed by atoms with E-state index in [9.17, 15) is 0 Å². The molecule has 0 bridgehead atoms. The van der Waals surface area contributed by atoms with Crippen molar-refractivity contribution in [2.75, 3.05) is 16.9 Å². The van der Waals surface area contributed by atoms with Gasteiger partial charge in [-0.15, -0.1) is 11.8 Å². The van der Waals surface area contributed by atoms with Crippen LogP contribution in [0.25, 0.3) is 0 Å². The Kier molecular flexibility index (Phi) is 5.65. The smallest absolute Gasteiger partial charge is 0.175 e. The van der Waals surface area contributed by atoms with Gasteiger partial charge in [0.15, 0.2) is 5.11 Å². The van der Waals surface area contributed by atoms with Crippen LogP contribution >= 0.6 is 24.0 Å². The minimum Gasteiger partial charge on any atom is -0.332 e. The van der Waals surface area contributed by atoms with E-state index in [0.717, 1.165) is 11.4 Å². The number of thiocarbonyl (C=S) groups is 1. The normalized spacial score (nSPS) is 10.5. The standard InChI is InChI=1S/C17H20N2S2/c1-12(2)13-7-9-14(10-8-13)18-17(20)19-15-5-4-6-16(11-15)21-3/h4-12H,1-3H3,(H2,18,19,20). The molecule has 0 saturated carbocycles. The van der Waals surface area contributed by atoms with E-state index in [-0.39, 0.29) is 0 Å². The molecule has 2 rings (SSSR count). The molecule has 0 aliphatic heterocycles. The third-order valence-corrected chi connectivity index (χ3v) is 4.09. The molecule has 0 amide bonds. The maximum Gasteiger partial charge on any atom is 0.175 e. The van der Waals surface area contributed by atoms with E-state index in [0.29, 0.717) is 11.0 Å². The first kappa shape index (κ1) is 15.9. The fourth-order valence-corrected chi connectivity index (χ4v) is 2.64. The highest BCUT2D eigenvalue weighted by atomic mass is 32.2. The van der Waals surface area contributed by atoms with Crippen molar-refractivity contribution in [1.82, 2.24) is 0 Å². The highest BCUT2D eigenvalue weighted by molar-refractivity contribution is 7.98. The number of rotatable bonds is 4. The van der Waals surface area contributed by atoms with Crippen LogP contribution in [0.15, 0.2) is 53.4 Å². The molecular weight excluding hydrogens is 296 g/mol. The Balaban J connectivity index is 1.97. The second-order valence-corrected chi connectivity index (χ2v) is 6.38. The van der Waals surface area contributed by atoms with Crippen molar-refractivity contribution in [2.45, 2.75) is 24.7 Å². The molecule has 0 fully saturated rings. The summed E-state index contributed by atoms with van der Waals surface area (Å²) in [7, 11) is 0. The van der Waals surface area contributed by atoms with E-state index in [1.165, 1.54) is 10.5 Å². The number of nitrogens with one attached hydrogen (secondary N) is 2. The predicted molar refractivity (Wildman–Crippen MR) is 98.6 cm³/mol. The fourth-order valence-electron chi connectivity index (χ4n) is 1.95. The molecule has 21 heavy (non-hydrogen) atoms. The molecule has 110 valence electrons. The Morgan fingerprint density at radius 3 is 2.29 bits per heavy atom. The summed E-state index contributed by atoms with van der Waals surface area (Å²) in [4.78, 5) is 1.21. The molecule has 0 heterocycles. The van der Waals surface area contributed by atoms with Gasteiger partial charge in [0.05, 0.1) is 0 Å². The van der Waals surface area contributed by atoms with E-state index in [1.807, 2.05) is 12.1 Å². The van der Waals surface area contributed by atoms with Crippen LogP contribution in [0.2, 0.25) is 0 Å². The van der Waals surface area contributed by atoms with E-state index in [2.05, 4.69) is 67.1 Å². The minimum absolute atomic E-state index is 0.540. The van der Waals surface area contributed by atoms with Crippen LogP contribution in [0, 0.1) is 0 Å². The Hall–Kier alpha value is -1.52. The fraction of sp³-hybridized carbons (Fsp3) is 0.235. The number of benzene rings is 2. The number of hydrogen-bond acceptors (Lipinski definition) is 2. The van der Waals surface area contributed by atoms with Gasteiger partial charge in [-0.3, -0.25) is 0 Å². The number of thioether (sulfide) groups is 1.